The van der Waals surface area contributed by atoms with Gasteiger partial charge in [-0.3, -0.25) is 4.79 Å². The summed E-state index contributed by atoms with van der Waals surface area (Å²) >= 11 is 0. The summed E-state index contributed by atoms with van der Waals surface area (Å²) in [5.41, 5.74) is -0.167. The number of rotatable bonds is 4. The lowest BCUT2D eigenvalue weighted by Crippen LogP contribution is -2.20. The van der Waals surface area contributed by atoms with Crippen LogP contribution in [-0.2, 0) is 9.59 Å². The van der Waals surface area contributed by atoms with Crippen LogP contribution in [0.4, 0.5) is 0 Å². The third-order valence-corrected chi connectivity index (χ3v) is 1.41. The van der Waals surface area contributed by atoms with Crippen LogP contribution in [0.2, 0.25) is 0 Å². The molecule has 0 rings (SSSR count). The predicted molar refractivity (Wildman–Crippen MR) is 49.3 cm³/mol. The second kappa shape index (κ2) is 4.64. The summed E-state index contributed by atoms with van der Waals surface area (Å²) in [5.74, 6) is -1.81. The number of hydrogen-bond acceptors (Lipinski definition) is 3. The highest BCUT2D eigenvalue weighted by atomic mass is 16.4. The van der Waals surface area contributed by atoms with E-state index in [0.717, 1.165) is 0 Å². The second-order valence-electron chi connectivity index (χ2n) is 3.33. The Morgan fingerprint density at radius 1 is 1.31 bits per heavy atom. The van der Waals surface area contributed by atoms with Gasteiger partial charge in [0.05, 0.1) is 0 Å². The smallest absolute Gasteiger partial charge is 0.340 e. The van der Waals surface area contributed by atoms with Crippen LogP contribution in [0.25, 0.3) is 0 Å². The zero-order valence-electron chi connectivity index (χ0n) is 8.37. The number of hydrogen-bond donors (Lipinski definition) is 1. The number of ketones is 1. The molecule has 13 heavy (non-hydrogen) atoms. The SMILES string of the molecule is CC(C)C(=O)/C(=C\N(C)C)C(=O)O. The quantitative estimate of drug-likeness (QED) is 0.399. The van der Waals surface area contributed by atoms with E-state index in [4.69, 9.17) is 5.11 Å². The zero-order chi connectivity index (χ0) is 10.6. The minimum Gasteiger partial charge on any atom is -0.478 e. The summed E-state index contributed by atoms with van der Waals surface area (Å²) < 4.78 is 0. The van der Waals surface area contributed by atoms with Crippen molar-refractivity contribution in [1.29, 1.82) is 0 Å². The third-order valence-electron chi connectivity index (χ3n) is 1.41. The van der Waals surface area contributed by atoms with E-state index in [1.54, 1.807) is 32.8 Å². The summed E-state index contributed by atoms with van der Waals surface area (Å²) in [6, 6.07) is 0. The first-order valence-corrected chi connectivity index (χ1v) is 4.02. The summed E-state index contributed by atoms with van der Waals surface area (Å²) in [4.78, 5) is 23.6. The first kappa shape index (κ1) is 11.7. The van der Waals surface area contributed by atoms with Crippen molar-refractivity contribution in [3.8, 4) is 0 Å². The molecule has 0 bridgehead atoms. The zero-order valence-corrected chi connectivity index (χ0v) is 8.37. The number of nitrogens with zero attached hydrogens (tertiary/aromatic N) is 1. The van der Waals surface area contributed by atoms with Gasteiger partial charge < -0.3 is 10.0 Å². The maximum atomic E-state index is 11.3. The first-order chi connectivity index (χ1) is 5.86. The molecular formula is C9H15NO3. The second-order valence-corrected chi connectivity index (χ2v) is 3.33. The van der Waals surface area contributed by atoms with E-state index < -0.39 is 5.97 Å². The van der Waals surface area contributed by atoms with Gasteiger partial charge in [0.15, 0.2) is 5.78 Å². The maximum Gasteiger partial charge on any atom is 0.340 e. The van der Waals surface area contributed by atoms with Crippen molar-refractivity contribution in [2.45, 2.75) is 13.8 Å². The lowest BCUT2D eigenvalue weighted by Gasteiger charge is -2.09. The van der Waals surface area contributed by atoms with Crippen LogP contribution in [0, 0.1) is 5.92 Å². The summed E-state index contributed by atoms with van der Waals surface area (Å²) in [6.07, 6.45) is 1.32. The van der Waals surface area contributed by atoms with Gasteiger partial charge in [-0.2, -0.15) is 0 Å². The fraction of sp³-hybridized carbons (Fsp3) is 0.556. The van der Waals surface area contributed by atoms with Gasteiger partial charge in [-0.1, -0.05) is 13.8 Å². The van der Waals surface area contributed by atoms with E-state index in [0.29, 0.717) is 0 Å². The molecule has 0 heterocycles. The Balaban J connectivity index is 4.83. The number of carbonyl (C=O) groups excluding carboxylic acids is 1. The molecule has 0 aromatic heterocycles. The molecule has 4 heteroatoms. The molecule has 1 N–H and O–H groups in total. The van der Waals surface area contributed by atoms with Gasteiger partial charge in [0, 0.05) is 26.2 Å². The van der Waals surface area contributed by atoms with Crippen LogP contribution in [0.3, 0.4) is 0 Å². The number of carboxylic acid groups (broad SMARTS) is 1. The topological polar surface area (TPSA) is 57.6 Å². The third kappa shape index (κ3) is 3.73. The average molecular weight is 185 g/mol. The highest BCUT2D eigenvalue weighted by molar-refractivity contribution is 6.17. The molecule has 0 atom stereocenters. The van der Waals surface area contributed by atoms with Gasteiger partial charge in [-0.25, -0.2) is 4.79 Å². The molecule has 0 saturated carbocycles. The lowest BCUT2D eigenvalue weighted by molar-refractivity contribution is -0.135. The molecule has 0 aromatic rings. The van der Waals surface area contributed by atoms with E-state index in [1.807, 2.05) is 0 Å². The monoisotopic (exact) mass is 185 g/mol. The van der Waals surface area contributed by atoms with Crippen LogP contribution >= 0.6 is 0 Å². The van der Waals surface area contributed by atoms with Crippen molar-refractivity contribution >= 4 is 11.8 Å². The van der Waals surface area contributed by atoms with Crippen molar-refractivity contribution in [3.63, 3.8) is 0 Å². The lowest BCUT2D eigenvalue weighted by atomic mass is 10.0. The van der Waals surface area contributed by atoms with Crippen LogP contribution in [-0.4, -0.2) is 35.9 Å². The average Bonchev–Trinajstić information content (AvgIpc) is 1.97. The fourth-order valence-electron chi connectivity index (χ4n) is 0.793. The number of Topliss-reactive ketones (excluding diaryl/α,β-unsaturated/α-hetero) is 1. The van der Waals surface area contributed by atoms with Gasteiger partial charge in [-0.15, -0.1) is 0 Å². The molecule has 0 spiro atoms. The van der Waals surface area contributed by atoms with Crippen LogP contribution < -0.4 is 0 Å². The molecule has 0 aromatic carbocycles. The number of carbonyl (C=O) groups is 2. The Hall–Kier alpha value is -1.32. The van der Waals surface area contributed by atoms with Gasteiger partial charge in [0.25, 0.3) is 0 Å². The Bertz CT molecular complexity index is 241. The Morgan fingerprint density at radius 2 is 1.77 bits per heavy atom. The fourth-order valence-corrected chi connectivity index (χ4v) is 0.793. The van der Waals surface area contributed by atoms with Crippen LogP contribution in [0.1, 0.15) is 13.8 Å². The molecule has 74 valence electrons. The van der Waals surface area contributed by atoms with Gasteiger partial charge in [0.2, 0.25) is 0 Å². The molecule has 0 fully saturated rings. The van der Waals surface area contributed by atoms with E-state index in [2.05, 4.69) is 0 Å². The van der Waals surface area contributed by atoms with E-state index in [1.165, 1.54) is 6.20 Å². The van der Waals surface area contributed by atoms with Crippen molar-refractivity contribution in [3.05, 3.63) is 11.8 Å². The Labute approximate surface area is 77.8 Å². The summed E-state index contributed by atoms with van der Waals surface area (Å²) in [5, 5.41) is 8.73. The number of aliphatic carboxylic acids is 1. The molecule has 0 aliphatic carbocycles. The highest BCUT2D eigenvalue weighted by Crippen LogP contribution is 2.06. The highest BCUT2D eigenvalue weighted by Gasteiger charge is 2.20. The van der Waals surface area contributed by atoms with Crippen LogP contribution in [0.15, 0.2) is 11.8 Å². The van der Waals surface area contributed by atoms with Gasteiger partial charge in [-0.05, 0) is 0 Å². The summed E-state index contributed by atoms with van der Waals surface area (Å²) in [7, 11) is 3.35. The van der Waals surface area contributed by atoms with E-state index in [-0.39, 0.29) is 17.3 Å². The van der Waals surface area contributed by atoms with Gasteiger partial charge in [0.1, 0.15) is 5.57 Å². The first-order valence-electron chi connectivity index (χ1n) is 4.02. The standard InChI is InChI=1S/C9H15NO3/c1-6(2)8(11)7(9(12)13)5-10(3)4/h5-6H,1-4H3,(H,12,13)/b7-5+. The molecule has 0 aliphatic rings. The Kier molecular flexibility index (Phi) is 4.17. The Morgan fingerprint density at radius 3 is 2.00 bits per heavy atom. The minimum atomic E-state index is -1.17. The molecule has 4 nitrogen and oxygen atoms in total. The normalized spacial score (nSPS) is 11.6. The molecule has 0 unspecified atom stereocenters. The van der Waals surface area contributed by atoms with Crippen molar-refractivity contribution < 1.29 is 14.7 Å². The van der Waals surface area contributed by atoms with Crippen LogP contribution in [0.5, 0.6) is 0 Å². The minimum absolute atomic E-state index is 0.167. The maximum absolute atomic E-state index is 11.3. The van der Waals surface area contributed by atoms with Crippen molar-refractivity contribution in [2.75, 3.05) is 14.1 Å². The predicted octanol–water partition coefficient (Wildman–Crippen LogP) is 0.742. The largest absolute Gasteiger partial charge is 0.478 e. The molecule has 0 aliphatic heterocycles. The van der Waals surface area contributed by atoms with E-state index >= 15 is 0 Å². The van der Waals surface area contributed by atoms with Crippen molar-refractivity contribution in [1.82, 2.24) is 4.90 Å². The molecule has 0 radical (unpaired) electrons. The number of carboxylic acids is 1. The van der Waals surface area contributed by atoms with Gasteiger partial charge >= 0.3 is 5.97 Å². The molecule has 0 saturated heterocycles. The van der Waals surface area contributed by atoms with Crippen molar-refractivity contribution in [2.24, 2.45) is 5.92 Å². The summed E-state index contributed by atoms with van der Waals surface area (Å²) in [6.45, 7) is 3.35. The molecule has 0 amide bonds. The molecular weight excluding hydrogens is 170 g/mol. The van der Waals surface area contributed by atoms with E-state index in [9.17, 15) is 9.59 Å².